The number of carbonyl (C=O) groups excluding carboxylic acids is 3. The van der Waals surface area contributed by atoms with E-state index < -0.39 is 24.0 Å². The first kappa shape index (κ1) is 23.1. The van der Waals surface area contributed by atoms with Crippen LogP contribution in [0.1, 0.15) is 33.0 Å². The maximum atomic E-state index is 12.4. The Bertz CT molecular complexity index is 1010. The van der Waals surface area contributed by atoms with Crippen LogP contribution in [0.5, 0.6) is 0 Å². The first-order chi connectivity index (χ1) is 14.0. The fourth-order valence-corrected chi connectivity index (χ4v) is 2.79. The van der Waals surface area contributed by atoms with Crippen molar-refractivity contribution in [1.29, 1.82) is 0 Å². The lowest BCUT2D eigenvalue weighted by Gasteiger charge is -2.23. The number of esters is 1. The molecule has 2 amide bonds. The molecule has 2 rings (SSSR count). The van der Waals surface area contributed by atoms with Crippen molar-refractivity contribution in [3.05, 3.63) is 40.4 Å². The number of para-hydroxylation sites is 1. The molecule has 0 aliphatic heterocycles. The SMILES string of the molecule is CN(CC(=O)NC(C)(C)C)C(=O)COC(=O)CCc1nc2ccccc2c(=O)n1C. The van der Waals surface area contributed by atoms with Gasteiger partial charge in [0.1, 0.15) is 5.82 Å². The largest absolute Gasteiger partial charge is 0.456 e. The molecule has 2 aromatic rings. The molecule has 0 radical (unpaired) electrons. The summed E-state index contributed by atoms with van der Waals surface area (Å²) in [6, 6.07) is 7.00. The number of benzene rings is 1. The molecule has 0 atom stereocenters. The van der Waals surface area contributed by atoms with Crippen molar-refractivity contribution in [3.8, 4) is 0 Å². The molecule has 1 N–H and O–H groups in total. The Hall–Kier alpha value is -3.23. The first-order valence-corrected chi connectivity index (χ1v) is 9.63. The van der Waals surface area contributed by atoms with Gasteiger partial charge in [-0.3, -0.25) is 23.7 Å². The predicted octanol–water partition coefficient (Wildman–Crippen LogP) is 0.782. The summed E-state index contributed by atoms with van der Waals surface area (Å²) in [5.41, 5.74) is -0.0201. The Morgan fingerprint density at radius 3 is 2.53 bits per heavy atom. The summed E-state index contributed by atoms with van der Waals surface area (Å²) in [6.07, 6.45) is 0.174. The van der Waals surface area contributed by atoms with E-state index in [2.05, 4.69) is 10.3 Å². The lowest BCUT2D eigenvalue weighted by Crippen LogP contribution is -2.46. The molecule has 0 aliphatic carbocycles. The number of amides is 2. The number of likely N-dealkylation sites (N-methyl/N-ethyl adjacent to an activating group) is 1. The fourth-order valence-electron chi connectivity index (χ4n) is 2.79. The van der Waals surface area contributed by atoms with Crippen LogP contribution in [0.3, 0.4) is 0 Å². The van der Waals surface area contributed by atoms with Crippen molar-refractivity contribution in [1.82, 2.24) is 19.8 Å². The monoisotopic (exact) mass is 416 g/mol. The van der Waals surface area contributed by atoms with Crippen molar-refractivity contribution in [2.75, 3.05) is 20.2 Å². The number of nitrogens with zero attached hydrogens (tertiary/aromatic N) is 3. The van der Waals surface area contributed by atoms with Gasteiger partial charge in [0, 0.05) is 26.1 Å². The van der Waals surface area contributed by atoms with Crippen LogP contribution < -0.4 is 10.9 Å². The van der Waals surface area contributed by atoms with E-state index in [1.165, 1.54) is 16.5 Å². The summed E-state index contributed by atoms with van der Waals surface area (Å²) in [4.78, 5) is 54.0. The number of nitrogens with one attached hydrogen (secondary N) is 1. The highest BCUT2D eigenvalue weighted by atomic mass is 16.5. The first-order valence-electron chi connectivity index (χ1n) is 9.63. The molecule has 0 fully saturated rings. The second-order valence-electron chi connectivity index (χ2n) is 8.12. The van der Waals surface area contributed by atoms with E-state index >= 15 is 0 Å². The third-order valence-electron chi connectivity index (χ3n) is 4.31. The van der Waals surface area contributed by atoms with Crippen LogP contribution in [0.15, 0.2) is 29.1 Å². The molecule has 1 heterocycles. The summed E-state index contributed by atoms with van der Waals surface area (Å²) in [6.45, 7) is 4.94. The molecule has 9 heteroatoms. The van der Waals surface area contributed by atoms with Gasteiger partial charge in [0.25, 0.3) is 11.5 Å². The van der Waals surface area contributed by atoms with Crippen LogP contribution in [0.4, 0.5) is 0 Å². The second-order valence-corrected chi connectivity index (χ2v) is 8.12. The molecule has 1 aromatic heterocycles. The number of fused-ring (bicyclic) bond motifs is 1. The predicted molar refractivity (Wildman–Crippen MR) is 112 cm³/mol. The van der Waals surface area contributed by atoms with Crippen LogP contribution in [0, 0.1) is 0 Å². The lowest BCUT2D eigenvalue weighted by atomic mass is 10.1. The van der Waals surface area contributed by atoms with Crippen LogP contribution in [-0.2, 0) is 32.6 Å². The molecule has 0 saturated carbocycles. The van der Waals surface area contributed by atoms with Gasteiger partial charge in [-0.2, -0.15) is 0 Å². The minimum atomic E-state index is -0.585. The quantitative estimate of drug-likeness (QED) is 0.668. The molecule has 1 aromatic carbocycles. The number of rotatable bonds is 7. The van der Waals surface area contributed by atoms with E-state index in [0.717, 1.165) is 0 Å². The Morgan fingerprint density at radius 1 is 1.20 bits per heavy atom. The Labute approximate surface area is 175 Å². The fraction of sp³-hybridized carbons (Fsp3) is 0.476. The van der Waals surface area contributed by atoms with Crippen molar-refractivity contribution in [2.45, 2.75) is 39.2 Å². The zero-order valence-corrected chi connectivity index (χ0v) is 18.0. The van der Waals surface area contributed by atoms with E-state index in [4.69, 9.17) is 4.74 Å². The molecule has 0 spiro atoms. The molecular formula is C21H28N4O5. The average Bonchev–Trinajstić information content (AvgIpc) is 2.66. The molecule has 0 aliphatic rings. The standard InChI is InChI=1S/C21H28N4O5/c1-21(2,3)23-17(26)12-24(4)18(27)13-30-19(28)11-10-16-22-15-9-7-6-8-14(15)20(29)25(16)5/h6-9H,10-13H2,1-5H3,(H,23,26). The smallest absolute Gasteiger partial charge is 0.306 e. The molecule has 30 heavy (non-hydrogen) atoms. The van der Waals surface area contributed by atoms with E-state index in [0.29, 0.717) is 16.7 Å². The number of aromatic nitrogens is 2. The second kappa shape index (κ2) is 9.51. The minimum Gasteiger partial charge on any atom is -0.456 e. The zero-order valence-electron chi connectivity index (χ0n) is 18.0. The van der Waals surface area contributed by atoms with Gasteiger partial charge < -0.3 is 15.0 Å². The molecule has 162 valence electrons. The van der Waals surface area contributed by atoms with Gasteiger partial charge in [0.05, 0.1) is 23.9 Å². The molecular weight excluding hydrogens is 388 g/mol. The zero-order chi connectivity index (χ0) is 22.5. The number of ether oxygens (including phenoxy) is 1. The third-order valence-corrected chi connectivity index (χ3v) is 4.31. The number of hydrogen-bond donors (Lipinski definition) is 1. The average molecular weight is 416 g/mol. The van der Waals surface area contributed by atoms with E-state index in [1.807, 2.05) is 20.8 Å². The highest BCUT2D eigenvalue weighted by Crippen LogP contribution is 2.08. The van der Waals surface area contributed by atoms with Crippen molar-refractivity contribution < 1.29 is 19.1 Å². The molecule has 0 unspecified atom stereocenters. The highest BCUT2D eigenvalue weighted by molar-refractivity contribution is 5.86. The maximum absolute atomic E-state index is 12.4. The van der Waals surface area contributed by atoms with Gasteiger partial charge in [-0.05, 0) is 32.9 Å². The maximum Gasteiger partial charge on any atom is 0.306 e. The summed E-state index contributed by atoms with van der Waals surface area (Å²) in [7, 11) is 3.07. The van der Waals surface area contributed by atoms with Crippen LogP contribution in [0.25, 0.3) is 10.9 Å². The highest BCUT2D eigenvalue weighted by Gasteiger charge is 2.19. The third kappa shape index (κ3) is 6.40. The number of carbonyl (C=O) groups is 3. The van der Waals surface area contributed by atoms with Crippen molar-refractivity contribution >= 4 is 28.7 Å². The van der Waals surface area contributed by atoms with Gasteiger partial charge >= 0.3 is 5.97 Å². The van der Waals surface area contributed by atoms with E-state index in [-0.39, 0.29) is 30.9 Å². The summed E-state index contributed by atoms with van der Waals surface area (Å²) >= 11 is 0. The van der Waals surface area contributed by atoms with Gasteiger partial charge in [0.15, 0.2) is 6.61 Å². The van der Waals surface area contributed by atoms with Gasteiger partial charge in [-0.1, -0.05) is 12.1 Å². The Morgan fingerprint density at radius 2 is 1.87 bits per heavy atom. The van der Waals surface area contributed by atoms with E-state index in [9.17, 15) is 19.2 Å². The summed E-state index contributed by atoms with van der Waals surface area (Å²) in [5, 5.41) is 3.27. The summed E-state index contributed by atoms with van der Waals surface area (Å²) < 4.78 is 6.41. The van der Waals surface area contributed by atoms with Crippen LogP contribution >= 0.6 is 0 Å². The molecule has 9 nitrogen and oxygen atoms in total. The number of aryl methyl sites for hydroxylation is 1. The molecule has 0 bridgehead atoms. The van der Waals surface area contributed by atoms with E-state index in [1.54, 1.807) is 31.3 Å². The minimum absolute atomic E-state index is 0.0277. The topological polar surface area (TPSA) is 111 Å². The Kier molecular flexibility index (Phi) is 7.31. The lowest BCUT2D eigenvalue weighted by molar-refractivity contribution is -0.152. The van der Waals surface area contributed by atoms with Crippen molar-refractivity contribution in [2.24, 2.45) is 7.05 Å². The van der Waals surface area contributed by atoms with Crippen molar-refractivity contribution in [3.63, 3.8) is 0 Å². The Balaban J connectivity index is 1.86. The normalized spacial score (nSPS) is 11.2. The van der Waals surface area contributed by atoms with Crippen LogP contribution in [-0.4, -0.2) is 58.0 Å². The summed E-state index contributed by atoms with van der Waals surface area (Å²) in [5.74, 6) is -0.909. The number of hydrogen-bond acceptors (Lipinski definition) is 6. The van der Waals surface area contributed by atoms with Gasteiger partial charge in [0.2, 0.25) is 5.91 Å². The van der Waals surface area contributed by atoms with Gasteiger partial charge in [-0.15, -0.1) is 0 Å². The molecule has 0 saturated heterocycles. The van der Waals surface area contributed by atoms with Gasteiger partial charge in [-0.25, -0.2) is 4.98 Å². The van der Waals surface area contributed by atoms with Crippen LogP contribution in [0.2, 0.25) is 0 Å².